The second-order valence-electron chi connectivity index (χ2n) is 5.47. The van der Waals surface area contributed by atoms with Crippen LogP contribution in [0.15, 0.2) is 9.31 Å². The van der Waals surface area contributed by atoms with Crippen LogP contribution in [0.1, 0.15) is 50.2 Å². The Morgan fingerprint density at radius 3 is 2.40 bits per heavy atom. The molecule has 0 unspecified atom stereocenters. The minimum atomic E-state index is -3.62. The SMILES string of the molecule is Cc1oc(C)c(S(=O)(=O)NCCCCC(C)C)c1CO. The first-order valence-electron chi connectivity index (χ1n) is 6.99. The molecule has 0 fully saturated rings. The standard InChI is InChI=1S/C14H25NO4S/c1-10(2)7-5-6-8-15-20(17,18)14-12(4)19-11(3)13(14)9-16/h10,15-16H,5-9H2,1-4H3. The number of nitrogens with one attached hydrogen (secondary N) is 1. The van der Waals surface area contributed by atoms with Gasteiger partial charge in [-0.05, 0) is 26.2 Å². The van der Waals surface area contributed by atoms with Crippen LogP contribution in [-0.4, -0.2) is 20.1 Å². The van der Waals surface area contributed by atoms with E-state index in [2.05, 4.69) is 18.6 Å². The Labute approximate surface area is 121 Å². The Balaban J connectivity index is 2.70. The van der Waals surface area contributed by atoms with Crippen LogP contribution in [0, 0.1) is 19.8 Å². The van der Waals surface area contributed by atoms with Gasteiger partial charge in [0.15, 0.2) is 0 Å². The molecule has 0 radical (unpaired) electrons. The molecule has 0 atom stereocenters. The number of hydrogen-bond acceptors (Lipinski definition) is 4. The van der Waals surface area contributed by atoms with Crippen LogP contribution < -0.4 is 4.72 Å². The van der Waals surface area contributed by atoms with Gasteiger partial charge in [-0.1, -0.05) is 26.7 Å². The van der Waals surface area contributed by atoms with E-state index in [0.717, 1.165) is 19.3 Å². The smallest absolute Gasteiger partial charge is 0.244 e. The van der Waals surface area contributed by atoms with Crippen LogP contribution in [0.2, 0.25) is 0 Å². The first-order valence-corrected chi connectivity index (χ1v) is 8.47. The van der Waals surface area contributed by atoms with Gasteiger partial charge in [0.05, 0.1) is 6.61 Å². The minimum Gasteiger partial charge on any atom is -0.465 e. The Hall–Kier alpha value is -0.850. The fraction of sp³-hybridized carbons (Fsp3) is 0.714. The Morgan fingerprint density at radius 2 is 1.85 bits per heavy atom. The zero-order valence-corrected chi connectivity index (χ0v) is 13.5. The summed E-state index contributed by atoms with van der Waals surface area (Å²) in [4.78, 5) is 0.0846. The van der Waals surface area contributed by atoms with Crippen molar-refractivity contribution in [2.45, 2.75) is 58.5 Å². The van der Waals surface area contributed by atoms with Crippen molar-refractivity contribution in [2.75, 3.05) is 6.54 Å². The number of aliphatic hydroxyl groups is 1. The molecule has 0 bridgehead atoms. The van der Waals surface area contributed by atoms with E-state index in [-0.39, 0.29) is 11.5 Å². The molecular weight excluding hydrogens is 278 g/mol. The predicted octanol–water partition coefficient (Wildman–Crippen LogP) is 2.49. The number of hydrogen-bond donors (Lipinski definition) is 2. The lowest BCUT2D eigenvalue weighted by Crippen LogP contribution is -2.26. The molecular formula is C14H25NO4S. The highest BCUT2D eigenvalue weighted by Gasteiger charge is 2.25. The fourth-order valence-electron chi connectivity index (χ4n) is 2.20. The van der Waals surface area contributed by atoms with Gasteiger partial charge in [0.2, 0.25) is 10.0 Å². The summed E-state index contributed by atoms with van der Waals surface area (Å²) in [6.07, 6.45) is 2.89. The molecule has 1 rings (SSSR count). The van der Waals surface area contributed by atoms with Crippen LogP contribution in [0.5, 0.6) is 0 Å². The second-order valence-corrected chi connectivity index (χ2v) is 7.17. The van der Waals surface area contributed by atoms with E-state index in [9.17, 15) is 13.5 Å². The van der Waals surface area contributed by atoms with Crippen LogP contribution in [0.25, 0.3) is 0 Å². The number of rotatable bonds is 8. The van der Waals surface area contributed by atoms with Gasteiger partial charge in [0.1, 0.15) is 16.4 Å². The van der Waals surface area contributed by atoms with Gasteiger partial charge in [0, 0.05) is 12.1 Å². The van der Waals surface area contributed by atoms with Crippen LogP contribution in [-0.2, 0) is 16.6 Å². The van der Waals surface area contributed by atoms with Crippen molar-refractivity contribution in [1.29, 1.82) is 0 Å². The molecule has 2 N–H and O–H groups in total. The highest BCUT2D eigenvalue weighted by atomic mass is 32.2. The molecule has 0 aliphatic heterocycles. The Morgan fingerprint density at radius 1 is 1.20 bits per heavy atom. The molecule has 1 aromatic heterocycles. The molecule has 0 saturated heterocycles. The molecule has 20 heavy (non-hydrogen) atoms. The number of furan rings is 1. The fourth-order valence-corrected chi connectivity index (χ4v) is 3.71. The van der Waals surface area contributed by atoms with Gasteiger partial charge in [-0.3, -0.25) is 0 Å². The van der Waals surface area contributed by atoms with Crippen molar-refractivity contribution >= 4 is 10.0 Å². The molecule has 1 heterocycles. The van der Waals surface area contributed by atoms with Crippen LogP contribution in [0.3, 0.4) is 0 Å². The molecule has 5 nitrogen and oxygen atoms in total. The first kappa shape index (κ1) is 17.2. The second kappa shape index (κ2) is 7.24. The van der Waals surface area contributed by atoms with Crippen molar-refractivity contribution in [1.82, 2.24) is 4.72 Å². The molecule has 0 aliphatic carbocycles. The number of aryl methyl sites for hydroxylation is 2. The summed E-state index contributed by atoms with van der Waals surface area (Å²) in [6, 6.07) is 0. The quantitative estimate of drug-likeness (QED) is 0.723. The first-order chi connectivity index (χ1) is 9.29. The van der Waals surface area contributed by atoms with E-state index >= 15 is 0 Å². The lowest BCUT2D eigenvalue weighted by Gasteiger charge is -2.08. The van der Waals surface area contributed by atoms with Crippen molar-refractivity contribution in [3.63, 3.8) is 0 Å². The van der Waals surface area contributed by atoms with Gasteiger partial charge in [-0.25, -0.2) is 13.1 Å². The Bertz CT molecular complexity index is 532. The number of aliphatic hydroxyl groups excluding tert-OH is 1. The van der Waals surface area contributed by atoms with Crippen molar-refractivity contribution in [3.05, 3.63) is 17.1 Å². The molecule has 0 spiro atoms. The normalized spacial score (nSPS) is 12.3. The van der Waals surface area contributed by atoms with Gasteiger partial charge in [0.25, 0.3) is 0 Å². The van der Waals surface area contributed by atoms with E-state index in [1.807, 2.05) is 0 Å². The average Bonchev–Trinajstić information content (AvgIpc) is 2.63. The van der Waals surface area contributed by atoms with Gasteiger partial charge in [-0.2, -0.15) is 0 Å². The molecule has 116 valence electrons. The lowest BCUT2D eigenvalue weighted by molar-refractivity contribution is 0.276. The van der Waals surface area contributed by atoms with Crippen LogP contribution >= 0.6 is 0 Å². The van der Waals surface area contributed by atoms with E-state index in [4.69, 9.17) is 4.42 Å². The highest BCUT2D eigenvalue weighted by Crippen LogP contribution is 2.26. The van der Waals surface area contributed by atoms with Crippen molar-refractivity contribution in [2.24, 2.45) is 5.92 Å². The van der Waals surface area contributed by atoms with Gasteiger partial charge in [-0.15, -0.1) is 0 Å². The summed E-state index contributed by atoms with van der Waals surface area (Å²) in [5, 5.41) is 9.29. The lowest BCUT2D eigenvalue weighted by atomic mass is 10.1. The largest absolute Gasteiger partial charge is 0.465 e. The average molecular weight is 303 g/mol. The van der Waals surface area contributed by atoms with E-state index in [0.29, 0.717) is 29.5 Å². The van der Waals surface area contributed by atoms with Crippen LogP contribution in [0.4, 0.5) is 0 Å². The van der Waals surface area contributed by atoms with Crippen molar-refractivity contribution in [3.8, 4) is 0 Å². The third kappa shape index (κ3) is 4.33. The van der Waals surface area contributed by atoms with E-state index in [1.54, 1.807) is 13.8 Å². The third-order valence-corrected chi connectivity index (χ3v) is 4.91. The van der Waals surface area contributed by atoms with Gasteiger partial charge < -0.3 is 9.52 Å². The molecule has 0 amide bonds. The topological polar surface area (TPSA) is 79.5 Å². The summed E-state index contributed by atoms with van der Waals surface area (Å²) < 4.78 is 32.4. The predicted molar refractivity (Wildman–Crippen MR) is 78.0 cm³/mol. The minimum absolute atomic E-state index is 0.0846. The zero-order chi connectivity index (χ0) is 15.3. The molecule has 6 heteroatoms. The molecule has 0 aromatic carbocycles. The van der Waals surface area contributed by atoms with E-state index in [1.165, 1.54) is 0 Å². The summed E-state index contributed by atoms with van der Waals surface area (Å²) in [5.74, 6) is 1.40. The number of unbranched alkanes of at least 4 members (excludes halogenated alkanes) is 1. The maximum atomic E-state index is 12.3. The zero-order valence-electron chi connectivity index (χ0n) is 12.7. The Kier molecular flexibility index (Phi) is 6.23. The molecule has 0 saturated carbocycles. The van der Waals surface area contributed by atoms with Gasteiger partial charge >= 0.3 is 0 Å². The highest BCUT2D eigenvalue weighted by molar-refractivity contribution is 7.89. The monoisotopic (exact) mass is 303 g/mol. The summed E-state index contributed by atoms with van der Waals surface area (Å²) >= 11 is 0. The molecule has 1 aromatic rings. The van der Waals surface area contributed by atoms with Crippen molar-refractivity contribution < 1.29 is 17.9 Å². The summed E-state index contributed by atoms with van der Waals surface area (Å²) in [6.45, 7) is 7.61. The third-order valence-electron chi connectivity index (χ3n) is 3.25. The maximum absolute atomic E-state index is 12.3. The molecule has 0 aliphatic rings. The summed E-state index contributed by atoms with van der Waals surface area (Å²) in [7, 11) is -3.62. The maximum Gasteiger partial charge on any atom is 0.244 e. The van der Waals surface area contributed by atoms with E-state index < -0.39 is 10.0 Å². The summed E-state index contributed by atoms with van der Waals surface area (Å²) in [5.41, 5.74) is 0.345. The number of sulfonamides is 1.